The van der Waals surface area contributed by atoms with E-state index in [1.165, 1.54) is 0 Å². The van der Waals surface area contributed by atoms with Gasteiger partial charge in [-0.2, -0.15) is 6.92 Å². The fraction of sp³-hybridized carbons (Fsp3) is 0.333. The van der Waals surface area contributed by atoms with Crippen molar-refractivity contribution in [3.63, 3.8) is 0 Å². The molecule has 0 aromatic heterocycles. The smallest absolute Gasteiger partial charge is 0.652 e. The van der Waals surface area contributed by atoms with Crippen LogP contribution in [0.25, 0.3) is 0 Å². The molecule has 39 valence electrons. The van der Waals surface area contributed by atoms with Crippen molar-refractivity contribution < 1.29 is 56.8 Å². The number of carboxylic acid groups (broad SMARTS) is 2. The van der Waals surface area contributed by atoms with Gasteiger partial charge < -0.3 is 21.9 Å². The molecule has 0 aromatic rings. The molecule has 0 amide bonds. The zero-order valence-corrected chi connectivity index (χ0v) is 7.07. The van der Waals surface area contributed by atoms with E-state index in [1.807, 2.05) is 0 Å². The zero-order valence-electron chi connectivity index (χ0n) is 3.93. The number of carbonyl (C=O) groups is 1. The second kappa shape index (κ2) is 15.9. The Balaban J connectivity index is -0.0000000480. The first-order chi connectivity index (χ1) is 2.73. The van der Waals surface area contributed by atoms with E-state index in [4.69, 9.17) is 15.0 Å². The summed E-state index contributed by atoms with van der Waals surface area (Å²) in [6.07, 6.45) is -2.33. The van der Waals surface area contributed by atoms with Crippen LogP contribution in [0, 0.1) is 48.7 Å². The molecule has 3 nitrogen and oxygen atoms in total. The molecule has 0 atom stereocenters. The first-order valence-electron chi connectivity index (χ1n) is 1.32. The normalized spacial score (nSPS) is 4.29. The molecule has 0 spiro atoms. The molecule has 0 N–H and O–H groups in total. The molecule has 4 heteroatoms. The summed E-state index contributed by atoms with van der Waals surface area (Å²) in [5.41, 5.74) is 0. The summed E-state index contributed by atoms with van der Waals surface area (Å²) >= 11 is 0. The average Bonchev–Trinajstić information content (AvgIpc) is 1.41. The van der Waals surface area contributed by atoms with Crippen LogP contribution in [0.1, 0.15) is 6.92 Å². The minimum Gasteiger partial charge on any atom is -0.652 e. The van der Waals surface area contributed by atoms with Crippen molar-refractivity contribution in [1.29, 1.82) is 0 Å². The Morgan fingerprint density at radius 1 is 1.43 bits per heavy atom. The molecule has 0 aliphatic carbocycles. The molecular formula is C3H5CeO3. The van der Waals surface area contributed by atoms with Gasteiger partial charge in [-0.25, -0.2) is 0 Å². The van der Waals surface area contributed by atoms with Crippen LogP contribution in [0.5, 0.6) is 0 Å². The van der Waals surface area contributed by atoms with E-state index in [2.05, 4.69) is 6.92 Å². The number of carbonyl (C=O) groups excluding carboxylic acids is 1. The monoisotopic (exact) mass is 229 g/mol. The Hall–Kier alpha value is 0.647. The third kappa shape index (κ3) is 343. The molecular weight excluding hydrogens is 224 g/mol. The maximum Gasteiger partial charge on any atom is 3.00 e. The van der Waals surface area contributed by atoms with Gasteiger partial charge in [0.15, 0.2) is 0 Å². The summed E-state index contributed by atoms with van der Waals surface area (Å²) in [5, 5.41) is 16.7. The zero-order chi connectivity index (χ0) is 5.58. The van der Waals surface area contributed by atoms with Crippen LogP contribution in [0.3, 0.4) is 0 Å². The van der Waals surface area contributed by atoms with Gasteiger partial charge in [-0.05, 0) is 6.16 Å². The van der Waals surface area contributed by atoms with E-state index >= 15 is 0 Å². The third-order valence-electron chi connectivity index (χ3n) is 0. The van der Waals surface area contributed by atoms with E-state index in [1.54, 1.807) is 6.92 Å². The van der Waals surface area contributed by atoms with Crippen LogP contribution in [0.2, 0.25) is 0 Å². The molecule has 0 saturated carbocycles. The van der Waals surface area contributed by atoms with Crippen molar-refractivity contribution in [2.24, 2.45) is 0 Å². The molecule has 0 rings (SSSR count). The van der Waals surface area contributed by atoms with Gasteiger partial charge in [0.05, 0.1) is 0 Å². The van der Waals surface area contributed by atoms with Crippen LogP contribution in [0.15, 0.2) is 0 Å². The number of rotatable bonds is 0. The first kappa shape index (κ1) is 15.6. The Labute approximate surface area is 76.1 Å². The third-order valence-corrected chi connectivity index (χ3v) is 0. The molecule has 0 fully saturated rings. The summed E-state index contributed by atoms with van der Waals surface area (Å²) in [7, 11) is 0. The molecule has 0 aliphatic rings. The quantitative estimate of drug-likeness (QED) is 0.470. The van der Waals surface area contributed by atoms with Crippen molar-refractivity contribution >= 4 is 6.16 Å². The first-order valence-corrected chi connectivity index (χ1v) is 1.32. The maximum atomic E-state index is 8.33. The Morgan fingerprint density at radius 2 is 1.43 bits per heavy atom. The summed E-state index contributed by atoms with van der Waals surface area (Å²) in [6, 6.07) is 0. The summed E-state index contributed by atoms with van der Waals surface area (Å²) < 4.78 is 0. The van der Waals surface area contributed by atoms with Crippen LogP contribution in [-0.4, -0.2) is 6.16 Å². The number of hydrogen-bond acceptors (Lipinski definition) is 3. The largest absolute Gasteiger partial charge is 3.00 e. The molecule has 0 heterocycles. The second-order valence-corrected chi connectivity index (χ2v) is 0.250. The standard InChI is InChI=1S/C2H5.CH2O3.Ce/c1-2;2-1(3)4;/h1H2,2H3;(H2,2,3,4);/q-1;;+3/p-2. The Morgan fingerprint density at radius 3 is 1.43 bits per heavy atom. The molecule has 1 radical (unpaired) electrons. The van der Waals surface area contributed by atoms with Gasteiger partial charge in [0.1, 0.15) is 0 Å². The van der Waals surface area contributed by atoms with E-state index in [0.717, 1.165) is 0 Å². The molecule has 7 heavy (non-hydrogen) atoms. The predicted octanol–water partition coefficient (Wildman–Crippen LogP) is -1.61. The maximum absolute atomic E-state index is 8.33. The van der Waals surface area contributed by atoms with Gasteiger partial charge in [0, 0.05) is 0 Å². The van der Waals surface area contributed by atoms with Crippen LogP contribution in [-0.2, 0) is 0 Å². The van der Waals surface area contributed by atoms with Gasteiger partial charge >= 0.3 is 41.7 Å². The Kier molecular flexibility index (Phi) is 35.6. The minimum absolute atomic E-state index is 0. The predicted molar refractivity (Wildman–Crippen MR) is 16.4 cm³/mol. The SMILES string of the molecule is O=C([O-])[O-].[CH2-]C.[Ce+3]. The summed E-state index contributed by atoms with van der Waals surface area (Å²) in [4.78, 5) is 8.33. The van der Waals surface area contributed by atoms with Gasteiger partial charge in [0.25, 0.3) is 0 Å². The van der Waals surface area contributed by atoms with Crippen molar-refractivity contribution in [2.45, 2.75) is 6.92 Å². The molecule has 0 unspecified atom stereocenters. The molecule has 0 aliphatic heterocycles. The fourth-order valence-corrected chi connectivity index (χ4v) is 0. The molecule has 0 saturated heterocycles. The van der Waals surface area contributed by atoms with Crippen molar-refractivity contribution in [2.75, 3.05) is 0 Å². The van der Waals surface area contributed by atoms with E-state index in [9.17, 15) is 0 Å². The average molecular weight is 229 g/mol. The van der Waals surface area contributed by atoms with E-state index in [-0.39, 0.29) is 41.7 Å². The topological polar surface area (TPSA) is 63.2 Å². The number of hydrogen-bond donors (Lipinski definition) is 0. The van der Waals surface area contributed by atoms with Crippen LogP contribution in [0.4, 0.5) is 4.79 Å². The molecule has 0 aromatic carbocycles. The minimum atomic E-state index is -2.33. The molecule has 0 bridgehead atoms. The van der Waals surface area contributed by atoms with Gasteiger partial charge in [-0.3, -0.25) is 0 Å². The Bertz CT molecular complexity index is 33.2. The van der Waals surface area contributed by atoms with Crippen LogP contribution < -0.4 is 10.2 Å². The van der Waals surface area contributed by atoms with Crippen LogP contribution >= 0.6 is 0 Å². The van der Waals surface area contributed by atoms with Crippen molar-refractivity contribution in [3.05, 3.63) is 6.92 Å². The van der Waals surface area contributed by atoms with Gasteiger partial charge in [0.2, 0.25) is 0 Å². The fourth-order valence-electron chi connectivity index (χ4n) is 0. The summed E-state index contributed by atoms with van der Waals surface area (Å²) in [6.45, 7) is 5.00. The van der Waals surface area contributed by atoms with E-state index in [0.29, 0.717) is 0 Å². The summed E-state index contributed by atoms with van der Waals surface area (Å²) in [5.74, 6) is 0. The second-order valence-electron chi connectivity index (χ2n) is 0.250. The van der Waals surface area contributed by atoms with Crippen molar-refractivity contribution in [1.82, 2.24) is 0 Å². The van der Waals surface area contributed by atoms with Gasteiger partial charge in [-0.1, -0.05) is 0 Å². The van der Waals surface area contributed by atoms with E-state index < -0.39 is 6.16 Å². The van der Waals surface area contributed by atoms with Crippen molar-refractivity contribution in [3.8, 4) is 0 Å². The van der Waals surface area contributed by atoms with Gasteiger partial charge in [-0.15, -0.1) is 0 Å².